The van der Waals surface area contributed by atoms with Gasteiger partial charge < -0.3 is 9.84 Å². The molecule has 1 amide bonds. The van der Waals surface area contributed by atoms with Crippen LogP contribution in [-0.4, -0.2) is 27.0 Å². The zero-order valence-corrected chi connectivity index (χ0v) is 27.9. The van der Waals surface area contributed by atoms with Crippen molar-refractivity contribution in [2.24, 2.45) is 0 Å². The highest BCUT2D eigenvalue weighted by Gasteiger charge is 2.48. The van der Waals surface area contributed by atoms with E-state index in [0.717, 1.165) is 22.3 Å². The number of aliphatic hydroxyl groups is 1. The lowest BCUT2D eigenvalue weighted by Crippen LogP contribution is -2.29. The van der Waals surface area contributed by atoms with Crippen LogP contribution in [0.1, 0.15) is 39.4 Å². The molecule has 1 aromatic heterocycles. The van der Waals surface area contributed by atoms with Crippen molar-refractivity contribution in [1.82, 2.24) is 10.2 Å². The summed E-state index contributed by atoms with van der Waals surface area (Å²) in [6, 6.07) is 26.7. The summed E-state index contributed by atoms with van der Waals surface area (Å²) in [5, 5.41) is 21.4. The molecule has 232 valence electrons. The number of carbonyl (C=O) groups excluding carboxylic acids is 2. The van der Waals surface area contributed by atoms with Crippen LogP contribution in [0, 0.1) is 13.8 Å². The highest BCUT2D eigenvalue weighted by Crippen LogP contribution is 2.44. The van der Waals surface area contributed by atoms with Crippen LogP contribution < -0.4 is 9.64 Å². The van der Waals surface area contributed by atoms with E-state index in [1.165, 1.54) is 28.0 Å². The van der Waals surface area contributed by atoms with Crippen molar-refractivity contribution < 1.29 is 19.4 Å². The van der Waals surface area contributed by atoms with E-state index >= 15 is 0 Å². The van der Waals surface area contributed by atoms with E-state index < -0.39 is 17.7 Å². The molecule has 1 N–H and O–H groups in total. The largest absolute Gasteiger partial charge is 0.507 e. The lowest BCUT2D eigenvalue weighted by Gasteiger charge is -2.22. The Bertz CT molecular complexity index is 1960. The van der Waals surface area contributed by atoms with Gasteiger partial charge in [0, 0.05) is 21.4 Å². The smallest absolute Gasteiger partial charge is 0.301 e. The fourth-order valence-electron chi connectivity index (χ4n) is 5.06. The normalized spacial score (nSPS) is 15.8. The van der Waals surface area contributed by atoms with Gasteiger partial charge in [-0.25, -0.2) is 0 Å². The SMILES string of the molecule is Cc1ccc(C2/C(=C(\O)c3ccc(OCc4cccc(C)c4)cc3)C(=O)C(=O)N2c2nnc(SCc3ccc(Cl)cc3Cl)s2)cc1. The zero-order chi connectivity index (χ0) is 32.4. The monoisotopic (exact) mass is 687 g/mol. The van der Waals surface area contributed by atoms with Gasteiger partial charge in [-0.15, -0.1) is 10.2 Å². The molecule has 0 spiro atoms. The van der Waals surface area contributed by atoms with E-state index in [2.05, 4.69) is 16.3 Å². The number of rotatable bonds is 9. The van der Waals surface area contributed by atoms with Gasteiger partial charge in [0.1, 0.15) is 18.1 Å². The second-order valence-corrected chi connectivity index (χ2v) is 13.8. The molecule has 6 rings (SSSR count). The number of aromatic nitrogens is 2. The number of benzene rings is 4. The van der Waals surface area contributed by atoms with Crippen LogP contribution in [-0.2, 0) is 21.9 Å². The number of halogens is 2. The maximum atomic E-state index is 13.6. The number of ketones is 1. The van der Waals surface area contributed by atoms with Crippen LogP contribution in [0.3, 0.4) is 0 Å². The number of hydrogen-bond donors (Lipinski definition) is 1. The van der Waals surface area contributed by atoms with Crippen molar-refractivity contribution in [2.75, 3.05) is 4.90 Å². The van der Waals surface area contributed by atoms with Crippen molar-refractivity contribution in [2.45, 2.75) is 36.6 Å². The van der Waals surface area contributed by atoms with E-state index in [9.17, 15) is 14.7 Å². The van der Waals surface area contributed by atoms with Gasteiger partial charge in [0.25, 0.3) is 5.78 Å². The maximum Gasteiger partial charge on any atom is 0.301 e. The Labute approximate surface area is 284 Å². The third kappa shape index (κ3) is 6.83. The van der Waals surface area contributed by atoms with Gasteiger partial charge in [-0.1, -0.05) is 112 Å². The summed E-state index contributed by atoms with van der Waals surface area (Å²) >= 11 is 14.9. The molecule has 0 bridgehead atoms. The van der Waals surface area contributed by atoms with E-state index in [1.807, 2.05) is 62.4 Å². The third-order valence-electron chi connectivity index (χ3n) is 7.42. The molecule has 1 unspecified atom stereocenters. The first-order chi connectivity index (χ1) is 22.2. The summed E-state index contributed by atoms with van der Waals surface area (Å²) in [5.41, 5.74) is 5.08. The first kappa shape index (κ1) is 31.8. The molecular formula is C35H27Cl2N3O4S2. The van der Waals surface area contributed by atoms with E-state index in [0.29, 0.717) is 43.6 Å². The maximum absolute atomic E-state index is 13.6. The number of nitrogens with zero attached hydrogens (tertiary/aromatic N) is 3. The van der Waals surface area contributed by atoms with Crippen molar-refractivity contribution in [3.8, 4) is 5.75 Å². The van der Waals surface area contributed by atoms with Gasteiger partial charge in [-0.05, 0) is 66.9 Å². The predicted octanol–water partition coefficient (Wildman–Crippen LogP) is 8.96. The Morgan fingerprint density at radius 1 is 0.935 bits per heavy atom. The molecule has 0 radical (unpaired) electrons. The summed E-state index contributed by atoms with van der Waals surface area (Å²) in [5.74, 6) is -0.769. The number of amides is 1. The Balaban J connectivity index is 1.29. The molecule has 5 aromatic rings. The van der Waals surface area contributed by atoms with Crippen molar-refractivity contribution in [3.63, 3.8) is 0 Å². The number of Topliss-reactive ketones (excluding diaryl/α,β-unsaturated/α-hetero) is 1. The Hall–Kier alpha value is -4.15. The predicted molar refractivity (Wildman–Crippen MR) is 184 cm³/mol. The van der Waals surface area contributed by atoms with Crippen LogP contribution in [0.25, 0.3) is 5.76 Å². The standard InChI is InChI=1S/C35H27Cl2N3O4S2/c1-20-6-8-23(9-7-20)30-29(31(41)24-11-14-27(15-12-24)44-18-22-5-3-4-21(2)16-22)32(42)33(43)40(30)34-38-39-35(46-34)45-19-25-10-13-26(36)17-28(25)37/h3-17,30,41H,18-19H2,1-2H3/b31-29+. The second-order valence-electron chi connectivity index (χ2n) is 10.8. The topological polar surface area (TPSA) is 92.6 Å². The van der Waals surface area contributed by atoms with Crippen molar-refractivity contribution in [1.29, 1.82) is 0 Å². The van der Waals surface area contributed by atoms with Gasteiger partial charge >= 0.3 is 5.91 Å². The summed E-state index contributed by atoms with van der Waals surface area (Å²) in [6.45, 7) is 4.36. The van der Waals surface area contributed by atoms with Gasteiger partial charge in [0.15, 0.2) is 4.34 Å². The van der Waals surface area contributed by atoms with Crippen LogP contribution in [0.2, 0.25) is 10.0 Å². The summed E-state index contributed by atoms with van der Waals surface area (Å²) in [4.78, 5) is 28.5. The molecule has 2 heterocycles. The van der Waals surface area contributed by atoms with E-state index in [-0.39, 0.29) is 16.5 Å². The molecule has 1 saturated heterocycles. The average molecular weight is 689 g/mol. The number of aliphatic hydroxyl groups excluding tert-OH is 1. The molecule has 1 aliphatic heterocycles. The van der Waals surface area contributed by atoms with E-state index in [4.69, 9.17) is 27.9 Å². The van der Waals surface area contributed by atoms with Gasteiger partial charge in [-0.2, -0.15) is 0 Å². The summed E-state index contributed by atoms with van der Waals surface area (Å²) in [6.07, 6.45) is 0. The lowest BCUT2D eigenvalue weighted by molar-refractivity contribution is -0.132. The molecule has 11 heteroatoms. The first-order valence-electron chi connectivity index (χ1n) is 14.2. The molecular weight excluding hydrogens is 661 g/mol. The number of thioether (sulfide) groups is 1. The Morgan fingerprint density at radius 3 is 2.41 bits per heavy atom. The quantitative estimate of drug-likeness (QED) is 0.0544. The van der Waals surface area contributed by atoms with Gasteiger partial charge in [-0.3, -0.25) is 14.5 Å². The molecule has 46 heavy (non-hydrogen) atoms. The zero-order valence-electron chi connectivity index (χ0n) is 24.7. The Kier molecular flexibility index (Phi) is 9.47. The molecule has 1 atom stereocenters. The van der Waals surface area contributed by atoms with Crippen molar-refractivity contribution >= 4 is 68.9 Å². The molecule has 1 fully saturated rings. The van der Waals surface area contributed by atoms with E-state index in [1.54, 1.807) is 36.4 Å². The fraction of sp³-hybridized carbons (Fsp3) is 0.143. The van der Waals surface area contributed by atoms with Crippen molar-refractivity contribution in [3.05, 3.63) is 140 Å². The fourth-order valence-corrected chi connectivity index (χ4v) is 7.49. The highest BCUT2D eigenvalue weighted by molar-refractivity contribution is 8.00. The molecule has 1 aliphatic rings. The van der Waals surface area contributed by atoms with Gasteiger partial charge in [0.05, 0.1) is 11.6 Å². The van der Waals surface area contributed by atoms with Crippen LogP contribution >= 0.6 is 46.3 Å². The van der Waals surface area contributed by atoms with Crippen LogP contribution in [0.15, 0.2) is 101 Å². The highest BCUT2D eigenvalue weighted by atomic mass is 35.5. The number of carbonyl (C=O) groups is 2. The van der Waals surface area contributed by atoms with Crippen LogP contribution in [0.5, 0.6) is 5.75 Å². The summed E-state index contributed by atoms with van der Waals surface area (Å²) < 4.78 is 6.52. The number of hydrogen-bond acceptors (Lipinski definition) is 8. The number of anilines is 1. The minimum absolute atomic E-state index is 0.0281. The summed E-state index contributed by atoms with van der Waals surface area (Å²) in [7, 11) is 0. The average Bonchev–Trinajstić information content (AvgIpc) is 3.61. The lowest BCUT2D eigenvalue weighted by atomic mass is 9.95. The molecule has 7 nitrogen and oxygen atoms in total. The first-order valence-corrected chi connectivity index (χ1v) is 16.8. The minimum atomic E-state index is -0.908. The third-order valence-corrected chi connectivity index (χ3v) is 10.1. The Morgan fingerprint density at radius 2 is 1.70 bits per heavy atom. The second kappa shape index (κ2) is 13.7. The molecule has 4 aromatic carbocycles. The minimum Gasteiger partial charge on any atom is -0.507 e. The number of aryl methyl sites for hydroxylation is 2. The van der Waals surface area contributed by atoms with Gasteiger partial charge in [0.2, 0.25) is 5.13 Å². The molecule has 0 aliphatic carbocycles. The number of ether oxygens (including phenoxy) is 1. The van der Waals surface area contributed by atoms with Crippen LogP contribution in [0.4, 0.5) is 5.13 Å². The molecule has 0 saturated carbocycles.